The van der Waals surface area contributed by atoms with Gasteiger partial charge in [-0.2, -0.15) is 5.10 Å². The number of amides is 2. The summed E-state index contributed by atoms with van der Waals surface area (Å²) in [5.41, 5.74) is 3.36. The Kier molecular flexibility index (Phi) is 7.57. The summed E-state index contributed by atoms with van der Waals surface area (Å²) in [6, 6.07) is 10.8. The van der Waals surface area contributed by atoms with E-state index in [1.54, 1.807) is 12.1 Å². The molecule has 0 spiro atoms. The molecule has 1 N–H and O–H groups in total. The van der Waals surface area contributed by atoms with Crippen LogP contribution in [-0.4, -0.2) is 36.9 Å². The first-order chi connectivity index (χ1) is 15.7. The van der Waals surface area contributed by atoms with Gasteiger partial charge in [0.25, 0.3) is 0 Å². The highest BCUT2D eigenvalue weighted by Crippen LogP contribution is 2.43. The number of halogens is 3. The first-order valence-corrected chi connectivity index (χ1v) is 10.4. The number of nitrogens with zero attached hydrogens (tertiary/aromatic N) is 3. The van der Waals surface area contributed by atoms with Crippen LogP contribution in [0.25, 0.3) is 0 Å². The third-order valence-corrected chi connectivity index (χ3v) is 5.10. The average Bonchev–Trinajstić information content (AvgIpc) is 3.61. The monoisotopic (exact) mass is 462 g/mol. The van der Waals surface area contributed by atoms with Crippen molar-refractivity contribution in [2.45, 2.75) is 45.1 Å². The number of carbonyl (C=O) groups is 1. The van der Waals surface area contributed by atoms with Crippen LogP contribution in [0.15, 0.2) is 52.7 Å². The molecule has 1 aliphatic rings. The van der Waals surface area contributed by atoms with E-state index in [-0.39, 0.29) is 12.4 Å². The fourth-order valence-corrected chi connectivity index (χ4v) is 3.29. The van der Waals surface area contributed by atoms with Crippen LogP contribution in [0.4, 0.5) is 23.7 Å². The summed E-state index contributed by atoms with van der Waals surface area (Å²) < 4.78 is 41.6. The van der Waals surface area contributed by atoms with Crippen molar-refractivity contribution in [3.05, 3.63) is 59.2 Å². The molecule has 10 heteroatoms. The Labute approximate surface area is 189 Å². The van der Waals surface area contributed by atoms with Crippen molar-refractivity contribution in [3.8, 4) is 5.75 Å². The third-order valence-electron chi connectivity index (χ3n) is 5.10. The number of oxime groups is 1. The van der Waals surface area contributed by atoms with E-state index >= 15 is 0 Å². The lowest BCUT2D eigenvalue weighted by Gasteiger charge is -2.17. The minimum atomic E-state index is -4.78. The zero-order chi connectivity index (χ0) is 24.0. The zero-order valence-corrected chi connectivity index (χ0v) is 18.4. The number of nitrogens with one attached hydrogen (secondary N) is 1. The van der Waals surface area contributed by atoms with Gasteiger partial charge in [0, 0.05) is 30.6 Å². The molecule has 33 heavy (non-hydrogen) atoms. The number of benzene rings is 2. The van der Waals surface area contributed by atoms with Gasteiger partial charge in [-0.3, -0.25) is 0 Å². The van der Waals surface area contributed by atoms with Gasteiger partial charge in [0.2, 0.25) is 0 Å². The third kappa shape index (κ3) is 6.71. The molecule has 0 aliphatic heterocycles. The first kappa shape index (κ1) is 24.1. The summed E-state index contributed by atoms with van der Waals surface area (Å²) in [4.78, 5) is 17.9. The molecule has 1 saturated carbocycles. The number of anilines is 1. The van der Waals surface area contributed by atoms with Crippen LogP contribution >= 0.6 is 0 Å². The number of hydrogen-bond donors (Lipinski definition) is 1. The van der Waals surface area contributed by atoms with Crippen LogP contribution in [0.3, 0.4) is 0 Å². The van der Waals surface area contributed by atoms with Gasteiger partial charge < -0.3 is 14.9 Å². The molecule has 3 rings (SSSR count). The Morgan fingerprint density at radius 2 is 1.97 bits per heavy atom. The predicted octanol–water partition coefficient (Wildman–Crippen LogP) is 5.87. The topological polar surface area (TPSA) is 75.5 Å². The van der Waals surface area contributed by atoms with Crippen molar-refractivity contribution in [2.75, 3.05) is 12.4 Å². The maximum atomic E-state index is 12.5. The molecule has 0 bridgehead atoms. The van der Waals surface area contributed by atoms with E-state index in [4.69, 9.17) is 4.84 Å². The van der Waals surface area contributed by atoms with E-state index in [0.717, 1.165) is 29.0 Å². The Morgan fingerprint density at radius 1 is 1.24 bits per heavy atom. The molecule has 2 amide bonds. The lowest BCUT2D eigenvalue weighted by molar-refractivity contribution is -0.274. The van der Waals surface area contributed by atoms with Gasteiger partial charge in [-0.25, -0.2) is 9.80 Å². The SMILES string of the molecule is C=NN(C)C(=O)Nc1cccc(C2CC2)c1CON=C(CC)c1cccc(OC(F)(F)F)c1. The van der Waals surface area contributed by atoms with Crippen molar-refractivity contribution in [2.24, 2.45) is 10.3 Å². The molecule has 0 unspecified atom stereocenters. The molecule has 176 valence electrons. The van der Waals surface area contributed by atoms with Gasteiger partial charge in [-0.15, -0.1) is 13.2 Å². The van der Waals surface area contributed by atoms with Crippen LogP contribution < -0.4 is 10.1 Å². The van der Waals surface area contributed by atoms with Crippen LogP contribution in [0.1, 0.15) is 48.8 Å². The highest BCUT2D eigenvalue weighted by Gasteiger charge is 2.31. The van der Waals surface area contributed by atoms with E-state index < -0.39 is 12.4 Å². The second-order valence-electron chi connectivity index (χ2n) is 7.48. The summed E-state index contributed by atoms with van der Waals surface area (Å²) in [6.45, 7) is 5.24. The molecule has 0 heterocycles. The van der Waals surface area contributed by atoms with Gasteiger partial charge in [0.1, 0.15) is 12.4 Å². The fourth-order valence-electron chi connectivity index (χ4n) is 3.29. The normalized spacial score (nSPS) is 13.9. The number of ether oxygens (including phenoxy) is 1. The lowest BCUT2D eigenvalue weighted by Crippen LogP contribution is -2.27. The fraction of sp³-hybridized carbons (Fsp3) is 0.348. The molecule has 2 aromatic carbocycles. The smallest absolute Gasteiger partial charge is 0.406 e. The zero-order valence-electron chi connectivity index (χ0n) is 18.4. The molecule has 0 saturated heterocycles. The Balaban J connectivity index is 1.80. The van der Waals surface area contributed by atoms with Crippen molar-refractivity contribution in [1.82, 2.24) is 5.01 Å². The molecule has 0 aromatic heterocycles. The molecular formula is C23H25F3N4O3. The number of alkyl halides is 3. The summed E-state index contributed by atoms with van der Waals surface area (Å²) in [5, 5.41) is 11.6. The Bertz CT molecular complexity index is 1040. The Morgan fingerprint density at radius 3 is 2.61 bits per heavy atom. The van der Waals surface area contributed by atoms with Crippen LogP contribution in [-0.2, 0) is 11.4 Å². The number of hydrogen-bond acceptors (Lipinski definition) is 5. The average molecular weight is 462 g/mol. The van der Waals surface area contributed by atoms with Crippen molar-refractivity contribution >= 4 is 24.1 Å². The standard InChI is InChI=1S/C23H25F3N4O3/c1-4-20(16-7-5-8-17(13-16)33-23(24,25)26)29-32-14-19-18(15-11-12-15)9-6-10-21(19)28-22(31)30(3)27-2/h5-10,13,15H,2,4,11-12,14H2,1,3H3,(H,28,31). The van der Waals surface area contributed by atoms with Gasteiger partial charge in [-0.05, 0) is 48.9 Å². The second-order valence-corrected chi connectivity index (χ2v) is 7.48. The number of rotatable bonds is 9. The summed E-state index contributed by atoms with van der Waals surface area (Å²) >= 11 is 0. The van der Waals surface area contributed by atoms with E-state index in [9.17, 15) is 18.0 Å². The van der Waals surface area contributed by atoms with Crippen molar-refractivity contribution in [1.29, 1.82) is 0 Å². The maximum absolute atomic E-state index is 12.5. The summed E-state index contributed by atoms with van der Waals surface area (Å²) in [7, 11) is 1.48. The minimum Gasteiger partial charge on any atom is -0.406 e. The van der Waals surface area contributed by atoms with E-state index in [2.05, 4.69) is 27.0 Å². The van der Waals surface area contributed by atoms with E-state index in [1.165, 1.54) is 25.2 Å². The molecule has 1 aliphatic carbocycles. The van der Waals surface area contributed by atoms with Gasteiger partial charge in [-0.1, -0.05) is 36.3 Å². The lowest BCUT2D eigenvalue weighted by atomic mass is 10.0. The minimum absolute atomic E-state index is 0.0791. The molecular weight excluding hydrogens is 437 g/mol. The second kappa shape index (κ2) is 10.4. The largest absolute Gasteiger partial charge is 0.573 e. The molecule has 1 fully saturated rings. The van der Waals surface area contributed by atoms with Gasteiger partial charge in [0.05, 0.1) is 5.71 Å². The maximum Gasteiger partial charge on any atom is 0.573 e. The van der Waals surface area contributed by atoms with E-state index in [0.29, 0.717) is 29.3 Å². The van der Waals surface area contributed by atoms with Gasteiger partial charge in [0.15, 0.2) is 0 Å². The highest BCUT2D eigenvalue weighted by atomic mass is 19.4. The molecule has 0 atom stereocenters. The highest BCUT2D eigenvalue weighted by molar-refractivity contribution is 6.00. The van der Waals surface area contributed by atoms with Crippen molar-refractivity contribution in [3.63, 3.8) is 0 Å². The molecule has 7 nitrogen and oxygen atoms in total. The number of urea groups is 1. The molecule has 2 aromatic rings. The number of hydrazone groups is 1. The summed E-state index contributed by atoms with van der Waals surface area (Å²) in [6.07, 6.45) is -2.25. The van der Waals surface area contributed by atoms with Crippen LogP contribution in [0, 0.1) is 0 Å². The number of carbonyl (C=O) groups excluding carboxylic acids is 1. The summed E-state index contributed by atoms with van der Waals surface area (Å²) in [5.74, 6) is 0.0618. The quantitative estimate of drug-likeness (QED) is 0.374. The predicted molar refractivity (Wildman–Crippen MR) is 119 cm³/mol. The Hall–Kier alpha value is -3.56. The molecule has 0 radical (unpaired) electrons. The van der Waals surface area contributed by atoms with Crippen molar-refractivity contribution < 1.29 is 27.5 Å². The van der Waals surface area contributed by atoms with E-state index in [1.807, 2.05) is 19.1 Å². The van der Waals surface area contributed by atoms with Crippen LogP contribution in [0.5, 0.6) is 5.75 Å². The van der Waals surface area contributed by atoms with Gasteiger partial charge >= 0.3 is 12.4 Å². The first-order valence-electron chi connectivity index (χ1n) is 10.4. The van der Waals surface area contributed by atoms with Crippen LogP contribution in [0.2, 0.25) is 0 Å².